The number of fused-ring (bicyclic) bond motifs is 1. The highest BCUT2D eigenvalue weighted by Crippen LogP contribution is 2.58. The van der Waals surface area contributed by atoms with Crippen LogP contribution in [0.4, 0.5) is 0 Å². The number of carbonyl (C=O) groups excluding carboxylic acids is 1. The third-order valence-corrected chi connectivity index (χ3v) is 4.61. The van der Waals surface area contributed by atoms with Gasteiger partial charge in [0, 0.05) is 19.0 Å². The molecule has 3 aliphatic rings. The number of hydrogen-bond acceptors (Lipinski definition) is 1. The molecule has 3 fully saturated rings. The Kier molecular flexibility index (Phi) is 2.45. The molecule has 2 aliphatic carbocycles. The summed E-state index contributed by atoms with van der Waals surface area (Å²) in [5, 5.41) is 0. The maximum Gasteiger partial charge on any atom is 0.226 e. The van der Waals surface area contributed by atoms with Crippen LogP contribution >= 0.6 is 0 Å². The number of carbonyl (C=O) groups is 1. The SMILES string of the molecule is O=C(C1C2CCCC21)N1CCCCCC1. The zero-order valence-electron chi connectivity index (χ0n) is 9.45. The lowest BCUT2D eigenvalue weighted by atomic mass is 10.1. The highest BCUT2D eigenvalue weighted by molar-refractivity contribution is 5.82. The predicted octanol–water partition coefficient (Wildman–Crippen LogP) is 2.44. The Bertz CT molecular complexity index is 245. The van der Waals surface area contributed by atoms with Crippen molar-refractivity contribution in [3.05, 3.63) is 0 Å². The Morgan fingerprint density at radius 3 is 2.07 bits per heavy atom. The van der Waals surface area contributed by atoms with Crippen molar-refractivity contribution in [3.63, 3.8) is 0 Å². The van der Waals surface area contributed by atoms with Crippen LogP contribution in [0.2, 0.25) is 0 Å². The number of nitrogens with zero attached hydrogens (tertiary/aromatic N) is 1. The van der Waals surface area contributed by atoms with Crippen molar-refractivity contribution in [2.45, 2.75) is 44.9 Å². The van der Waals surface area contributed by atoms with Crippen LogP contribution in [-0.4, -0.2) is 23.9 Å². The molecule has 3 rings (SSSR count). The van der Waals surface area contributed by atoms with E-state index in [0.717, 1.165) is 24.9 Å². The van der Waals surface area contributed by atoms with E-state index in [0.29, 0.717) is 11.8 Å². The van der Waals surface area contributed by atoms with Gasteiger partial charge in [0.05, 0.1) is 0 Å². The molecule has 0 aromatic rings. The molecule has 2 saturated carbocycles. The van der Waals surface area contributed by atoms with Crippen molar-refractivity contribution in [3.8, 4) is 0 Å². The first kappa shape index (κ1) is 9.68. The number of likely N-dealkylation sites (tertiary alicyclic amines) is 1. The lowest BCUT2D eigenvalue weighted by Gasteiger charge is -2.21. The van der Waals surface area contributed by atoms with Crippen LogP contribution in [-0.2, 0) is 4.79 Å². The zero-order chi connectivity index (χ0) is 10.3. The first-order chi connectivity index (χ1) is 7.38. The van der Waals surface area contributed by atoms with Gasteiger partial charge in [-0.15, -0.1) is 0 Å². The highest BCUT2D eigenvalue weighted by atomic mass is 16.2. The van der Waals surface area contributed by atoms with E-state index in [2.05, 4.69) is 4.90 Å². The average Bonchev–Trinajstić information content (AvgIpc) is 2.87. The molecule has 1 amide bonds. The summed E-state index contributed by atoms with van der Waals surface area (Å²) in [5.74, 6) is 2.55. The molecule has 0 bridgehead atoms. The van der Waals surface area contributed by atoms with Gasteiger partial charge in [0.2, 0.25) is 5.91 Å². The van der Waals surface area contributed by atoms with Gasteiger partial charge in [-0.05, 0) is 37.5 Å². The lowest BCUT2D eigenvalue weighted by Crippen LogP contribution is -2.34. The summed E-state index contributed by atoms with van der Waals surface area (Å²) in [6.45, 7) is 2.07. The third kappa shape index (κ3) is 1.68. The molecular formula is C13H21NO. The molecule has 2 unspecified atom stereocenters. The summed E-state index contributed by atoms with van der Waals surface area (Å²) < 4.78 is 0. The topological polar surface area (TPSA) is 20.3 Å². The van der Waals surface area contributed by atoms with Gasteiger partial charge in [-0.1, -0.05) is 19.3 Å². The van der Waals surface area contributed by atoms with E-state index in [1.165, 1.54) is 44.9 Å². The molecule has 2 nitrogen and oxygen atoms in total. The monoisotopic (exact) mass is 207 g/mol. The molecule has 1 heterocycles. The zero-order valence-corrected chi connectivity index (χ0v) is 9.45. The Hall–Kier alpha value is -0.530. The van der Waals surface area contributed by atoms with Gasteiger partial charge in [0.15, 0.2) is 0 Å². The molecule has 2 heteroatoms. The van der Waals surface area contributed by atoms with Crippen LogP contribution in [0.1, 0.15) is 44.9 Å². The van der Waals surface area contributed by atoms with Gasteiger partial charge >= 0.3 is 0 Å². The Labute approximate surface area is 92.0 Å². The van der Waals surface area contributed by atoms with Crippen LogP contribution < -0.4 is 0 Å². The van der Waals surface area contributed by atoms with E-state index in [1.54, 1.807) is 0 Å². The summed E-state index contributed by atoms with van der Waals surface area (Å²) in [4.78, 5) is 14.4. The van der Waals surface area contributed by atoms with Gasteiger partial charge in [0.25, 0.3) is 0 Å². The third-order valence-electron chi connectivity index (χ3n) is 4.61. The van der Waals surface area contributed by atoms with Crippen molar-refractivity contribution in [1.29, 1.82) is 0 Å². The van der Waals surface area contributed by atoms with E-state index in [1.807, 2.05) is 0 Å². The molecule has 0 N–H and O–H groups in total. The van der Waals surface area contributed by atoms with Crippen LogP contribution in [0.25, 0.3) is 0 Å². The molecular weight excluding hydrogens is 186 g/mol. The molecule has 2 atom stereocenters. The highest BCUT2D eigenvalue weighted by Gasteiger charge is 2.57. The van der Waals surface area contributed by atoms with Crippen LogP contribution in [0.15, 0.2) is 0 Å². The molecule has 0 spiro atoms. The number of hydrogen-bond donors (Lipinski definition) is 0. The molecule has 0 aromatic carbocycles. The molecule has 84 valence electrons. The van der Waals surface area contributed by atoms with Crippen molar-refractivity contribution in [2.75, 3.05) is 13.1 Å². The minimum absolute atomic E-state index is 0.455. The normalized spacial score (nSPS) is 39.7. The van der Waals surface area contributed by atoms with Gasteiger partial charge in [0.1, 0.15) is 0 Å². The van der Waals surface area contributed by atoms with E-state index in [4.69, 9.17) is 0 Å². The lowest BCUT2D eigenvalue weighted by molar-refractivity contribution is -0.133. The number of amides is 1. The molecule has 15 heavy (non-hydrogen) atoms. The van der Waals surface area contributed by atoms with Gasteiger partial charge < -0.3 is 4.90 Å². The standard InChI is InChI=1S/C13H21NO/c15-13(12-10-6-5-7-11(10)12)14-8-3-1-2-4-9-14/h10-12H,1-9H2. The van der Waals surface area contributed by atoms with Crippen LogP contribution in [0.5, 0.6) is 0 Å². The minimum atomic E-state index is 0.455. The fraction of sp³-hybridized carbons (Fsp3) is 0.923. The first-order valence-corrected chi connectivity index (χ1v) is 6.67. The Balaban J connectivity index is 1.59. The summed E-state index contributed by atoms with van der Waals surface area (Å²) in [6, 6.07) is 0. The van der Waals surface area contributed by atoms with Crippen molar-refractivity contribution < 1.29 is 4.79 Å². The first-order valence-electron chi connectivity index (χ1n) is 6.67. The van der Waals surface area contributed by atoms with Crippen LogP contribution in [0, 0.1) is 17.8 Å². The van der Waals surface area contributed by atoms with Gasteiger partial charge in [-0.2, -0.15) is 0 Å². The van der Waals surface area contributed by atoms with Crippen molar-refractivity contribution >= 4 is 5.91 Å². The summed E-state index contributed by atoms with van der Waals surface area (Å²) in [5.41, 5.74) is 0. The van der Waals surface area contributed by atoms with Gasteiger partial charge in [-0.3, -0.25) is 4.79 Å². The quantitative estimate of drug-likeness (QED) is 0.646. The van der Waals surface area contributed by atoms with E-state index in [9.17, 15) is 4.79 Å². The maximum absolute atomic E-state index is 12.3. The second kappa shape index (κ2) is 3.80. The largest absolute Gasteiger partial charge is 0.342 e. The smallest absolute Gasteiger partial charge is 0.226 e. The Morgan fingerprint density at radius 2 is 1.47 bits per heavy atom. The number of rotatable bonds is 1. The summed E-state index contributed by atoms with van der Waals surface area (Å²) >= 11 is 0. The van der Waals surface area contributed by atoms with Crippen molar-refractivity contribution in [1.82, 2.24) is 4.90 Å². The van der Waals surface area contributed by atoms with Crippen molar-refractivity contribution in [2.24, 2.45) is 17.8 Å². The van der Waals surface area contributed by atoms with E-state index >= 15 is 0 Å². The van der Waals surface area contributed by atoms with E-state index < -0.39 is 0 Å². The molecule has 1 saturated heterocycles. The second-order valence-corrected chi connectivity index (χ2v) is 5.52. The van der Waals surface area contributed by atoms with Gasteiger partial charge in [-0.25, -0.2) is 0 Å². The van der Waals surface area contributed by atoms with E-state index in [-0.39, 0.29) is 0 Å². The second-order valence-electron chi connectivity index (χ2n) is 5.52. The molecule has 0 radical (unpaired) electrons. The molecule has 0 aromatic heterocycles. The molecule has 1 aliphatic heterocycles. The summed E-state index contributed by atoms with van der Waals surface area (Å²) in [7, 11) is 0. The Morgan fingerprint density at radius 1 is 0.867 bits per heavy atom. The fourth-order valence-corrected chi connectivity index (χ4v) is 3.69. The predicted molar refractivity (Wildman–Crippen MR) is 59.4 cm³/mol. The fourth-order valence-electron chi connectivity index (χ4n) is 3.69. The maximum atomic E-state index is 12.3. The van der Waals surface area contributed by atoms with Crippen LogP contribution in [0.3, 0.4) is 0 Å². The summed E-state index contributed by atoms with van der Waals surface area (Å²) in [6.07, 6.45) is 9.13. The minimum Gasteiger partial charge on any atom is -0.342 e. The average molecular weight is 207 g/mol.